The maximum atomic E-state index is 12.8. The van der Waals surface area contributed by atoms with Gasteiger partial charge >= 0.3 is 6.01 Å². The summed E-state index contributed by atoms with van der Waals surface area (Å²) in [6, 6.07) is 14.8. The summed E-state index contributed by atoms with van der Waals surface area (Å²) >= 11 is 0. The van der Waals surface area contributed by atoms with Gasteiger partial charge in [-0.15, -0.1) is 0 Å². The molecule has 1 aliphatic heterocycles. The zero-order chi connectivity index (χ0) is 25.7. The molecule has 1 atom stereocenters. The van der Waals surface area contributed by atoms with E-state index >= 15 is 0 Å². The lowest BCUT2D eigenvalue weighted by atomic mass is 10.1. The SMILES string of the molecule is COc1ccc(CCN2CC(C(=O)Nc3ccc(Oc4nc(C)cc(C)n4)cc3)CC2=O)cc1OC. The second kappa shape index (κ2) is 11.1. The molecule has 0 spiro atoms. The fraction of sp³-hybridized carbons (Fsp3) is 0.333. The molecule has 1 aliphatic rings. The predicted octanol–water partition coefficient (Wildman–Crippen LogP) is 3.93. The Kier molecular flexibility index (Phi) is 7.68. The maximum absolute atomic E-state index is 12.8. The molecule has 3 aromatic rings. The number of nitrogens with one attached hydrogen (secondary N) is 1. The van der Waals surface area contributed by atoms with Crippen LogP contribution in [0.1, 0.15) is 23.4 Å². The van der Waals surface area contributed by atoms with Crippen molar-refractivity contribution in [2.24, 2.45) is 5.92 Å². The van der Waals surface area contributed by atoms with Gasteiger partial charge < -0.3 is 24.4 Å². The molecular formula is C27H30N4O5. The topological polar surface area (TPSA) is 103 Å². The number of benzene rings is 2. The first-order valence-corrected chi connectivity index (χ1v) is 11.7. The molecule has 36 heavy (non-hydrogen) atoms. The highest BCUT2D eigenvalue weighted by atomic mass is 16.5. The van der Waals surface area contributed by atoms with Crippen molar-refractivity contribution in [1.29, 1.82) is 0 Å². The third kappa shape index (κ3) is 6.10. The van der Waals surface area contributed by atoms with Gasteiger partial charge in [-0.25, -0.2) is 9.97 Å². The molecular weight excluding hydrogens is 460 g/mol. The molecule has 1 aromatic heterocycles. The zero-order valence-electron chi connectivity index (χ0n) is 20.9. The number of carbonyl (C=O) groups is 2. The van der Waals surface area contributed by atoms with Gasteiger partial charge in [0.1, 0.15) is 5.75 Å². The van der Waals surface area contributed by atoms with Crippen molar-refractivity contribution in [2.75, 3.05) is 32.6 Å². The van der Waals surface area contributed by atoms with Gasteiger partial charge in [0.2, 0.25) is 11.8 Å². The number of ether oxygens (including phenoxy) is 3. The molecule has 0 radical (unpaired) electrons. The smallest absolute Gasteiger partial charge is 0.322 e. The number of rotatable bonds is 9. The van der Waals surface area contributed by atoms with E-state index in [1.165, 1.54) is 0 Å². The fourth-order valence-electron chi connectivity index (χ4n) is 4.16. The minimum atomic E-state index is -0.400. The van der Waals surface area contributed by atoms with Gasteiger partial charge in [-0.3, -0.25) is 9.59 Å². The monoisotopic (exact) mass is 490 g/mol. The first kappa shape index (κ1) is 25.0. The number of aryl methyl sites for hydroxylation is 2. The van der Waals surface area contributed by atoms with Crippen molar-refractivity contribution in [3.63, 3.8) is 0 Å². The van der Waals surface area contributed by atoms with Crippen LogP contribution >= 0.6 is 0 Å². The second-order valence-corrected chi connectivity index (χ2v) is 8.73. The van der Waals surface area contributed by atoms with E-state index in [4.69, 9.17) is 14.2 Å². The number of carbonyl (C=O) groups excluding carboxylic acids is 2. The molecule has 1 fully saturated rings. The first-order chi connectivity index (χ1) is 17.3. The Balaban J connectivity index is 1.30. The fourth-order valence-corrected chi connectivity index (χ4v) is 4.16. The minimum absolute atomic E-state index is 0.0205. The lowest BCUT2D eigenvalue weighted by Gasteiger charge is -2.17. The maximum Gasteiger partial charge on any atom is 0.322 e. The van der Waals surface area contributed by atoms with Crippen LogP contribution in [0.25, 0.3) is 0 Å². The van der Waals surface area contributed by atoms with Gasteiger partial charge in [-0.2, -0.15) is 0 Å². The summed E-state index contributed by atoms with van der Waals surface area (Å²) in [4.78, 5) is 35.6. The molecule has 1 saturated heterocycles. The van der Waals surface area contributed by atoms with Gasteiger partial charge in [0, 0.05) is 36.6 Å². The van der Waals surface area contributed by atoms with Crippen LogP contribution < -0.4 is 19.5 Å². The molecule has 2 aromatic carbocycles. The molecule has 4 rings (SSSR count). The van der Waals surface area contributed by atoms with Crippen LogP contribution in [0.15, 0.2) is 48.5 Å². The molecule has 0 saturated carbocycles. The number of aromatic nitrogens is 2. The van der Waals surface area contributed by atoms with Crippen LogP contribution in [-0.2, 0) is 16.0 Å². The highest BCUT2D eigenvalue weighted by Gasteiger charge is 2.34. The van der Waals surface area contributed by atoms with Crippen LogP contribution in [0, 0.1) is 19.8 Å². The molecule has 1 N–H and O–H groups in total. The number of likely N-dealkylation sites (tertiary alicyclic amines) is 1. The number of hydrogen-bond acceptors (Lipinski definition) is 7. The molecule has 2 heterocycles. The Morgan fingerprint density at radius 3 is 2.36 bits per heavy atom. The van der Waals surface area contributed by atoms with E-state index in [1.807, 2.05) is 38.1 Å². The van der Waals surface area contributed by atoms with Crippen LogP contribution in [0.3, 0.4) is 0 Å². The highest BCUT2D eigenvalue weighted by Crippen LogP contribution is 2.28. The molecule has 2 amide bonds. The summed E-state index contributed by atoms with van der Waals surface area (Å²) in [5.41, 5.74) is 3.31. The van der Waals surface area contributed by atoms with E-state index < -0.39 is 5.92 Å². The van der Waals surface area contributed by atoms with Crippen molar-refractivity contribution < 1.29 is 23.8 Å². The second-order valence-electron chi connectivity index (χ2n) is 8.73. The van der Waals surface area contributed by atoms with Crippen molar-refractivity contribution in [1.82, 2.24) is 14.9 Å². The number of amides is 2. The van der Waals surface area contributed by atoms with Crippen LogP contribution in [-0.4, -0.2) is 54.0 Å². The predicted molar refractivity (Wildman–Crippen MR) is 135 cm³/mol. The van der Waals surface area contributed by atoms with Crippen LogP contribution in [0.2, 0.25) is 0 Å². The van der Waals surface area contributed by atoms with Gasteiger partial charge in [-0.1, -0.05) is 6.07 Å². The number of hydrogen-bond donors (Lipinski definition) is 1. The van der Waals surface area contributed by atoms with Crippen molar-refractivity contribution in [3.05, 3.63) is 65.5 Å². The van der Waals surface area contributed by atoms with Crippen LogP contribution in [0.4, 0.5) is 5.69 Å². The quantitative estimate of drug-likeness (QED) is 0.485. The van der Waals surface area contributed by atoms with Gasteiger partial charge in [-0.05, 0) is 68.3 Å². The molecule has 0 aliphatic carbocycles. The summed E-state index contributed by atoms with van der Waals surface area (Å²) in [6.45, 7) is 4.68. The summed E-state index contributed by atoms with van der Waals surface area (Å²) < 4.78 is 16.3. The molecule has 188 valence electrons. The average Bonchev–Trinajstić information content (AvgIpc) is 3.23. The van der Waals surface area contributed by atoms with Crippen molar-refractivity contribution in [2.45, 2.75) is 26.7 Å². The van der Waals surface area contributed by atoms with Crippen LogP contribution in [0.5, 0.6) is 23.3 Å². The molecule has 1 unspecified atom stereocenters. The summed E-state index contributed by atoms with van der Waals surface area (Å²) in [5.74, 6) is 1.28. The normalized spacial score (nSPS) is 15.1. The first-order valence-electron chi connectivity index (χ1n) is 11.7. The van der Waals surface area contributed by atoms with E-state index in [1.54, 1.807) is 43.4 Å². The van der Waals surface area contributed by atoms with E-state index in [2.05, 4.69) is 15.3 Å². The largest absolute Gasteiger partial charge is 0.493 e. The summed E-state index contributed by atoms with van der Waals surface area (Å²) in [7, 11) is 3.18. The Morgan fingerprint density at radius 1 is 1.00 bits per heavy atom. The lowest BCUT2D eigenvalue weighted by molar-refractivity contribution is -0.128. The van der Waals surface area contributed by atoms with E-state index in [-0.39, 0.29) is 24.2 Å². The van der Waals surface area contributed by atoms with Gasteiger partial charge in [0.05, 0.1) is 20.1 Å². The van der Waals surface area contributed by atoms with E-state index in [0.717, 1.165) is 17.0 Å². The third-order valence-corrected chi connectivity index (χ3v) is 6.00. The standard InChI is InChI=1S/C27H30N4O5/c1-17-13-18(2)29-27(28-17)36-22-8-6-21(7-9-22)30-26(33)20-15-25(32)31(16-20)12-11-19-5-10-23(34-3)24(14-19)35-4/h5-10,13-14,20H,11-12,15-16H2,1-4H3,(H,30,33). The van der Waals surface area contributed by atoms with E-state index in [0.29, 0.717) is 42.4 Å². The van der Waals surface area contributed by atoms with Gasteiger partial charge in [0.25, 0.3) is 0 Å². The zero-order valence-corrected chi connectivity index (χ0v) is 20.9. The van der Waals surface area contributed by atoms with Crippen molar-refractivity contribution >= 4 is 17.5 Å². The third-order valence-electron chi connectivity index (χ3n) is 6.00. The molecule has 9 nitrogen and oxygen atoms in total. The number of nitrogens with zero attached hydrogens (tertiary/aromatic N) is 3. The average molecular weight is 491 g/mol. The summed E-state index contributed by atoms with van der Waals surface area (Å²) in [5, 5.41) is 2.90. The Hall–Kier alpha value is -4.14. The Morgan fingerprint density at radius 2 is 1.69 bits per heavy atom. The summed E-state index contributed by atoms with van der Waals surface area (Å²) in [6.07, 6.45) is 0.856. The Labute approximate surface area is 210 Å². The number of anilines is 1. The van der Waals surface area contributed by atoms with E-state index in [9.17, 15) is 9.59 Å². The van der Waals surface area contributed by atoms with Gasteiger partial charge in [0.15, 0.2) is 11.5 Å². The molecule has 0 bridgehead atoms. The Bertz CT molecular complexity index is 1230. The minimum Gasteiger partial charge on any atom is -0.493 e. The highest BCUT2D eigenvalue weighted by molar-refractivity contribution is 5.97. The van der Waals surface area contributed by atoms with Crippen molar-refractivity contribution in [3.8, 4) is 23.3 Å². The molecule has 9 heteroatoms. The lowest BCUT2D eigenvalue weighted by Crippen LogP contribution is -2.30. The number of methoxy groups -OCH3 is 2.